The van der Waals surface area contributed by atoms with E-state index in [1.807, 2.05) is 12.1 Å². The monoisotopic (exact) mass is 538 g/mol. The molecule has 0 saturated carbocycles. The second-order valence-electron chi connectivity index (χ2n) is 9.18. The van der Waals surface area contributed by atoms with Crippen LogP contribution >= 0.6 is 11.6 Å². The molecule has 0 atom stereocenters. The van der Waals surface area contributed by atoms with E-state index in [-0.39, 0.29) is 11.8 Å². The Kier molecular flexibility index (Phi) is 9.38. The van der Waals surface area contributed by atoms with Gasteiger partial charge < -0.3 is 24.8 Å². The fourth-order valence-electron chi connectivity index (χ4n) is 4.21. The Hall–Kier alpha value is -3.40. The molecule has 9 nitrogen and oxygen atoms in total. The maximum absolute atomic E-state index is 6.76. The van der Waals surface area contributed by atoms with E-state index in [4.69, 9.17) is 31.5 Å². The molecule has 0 saturated heterocycles. The highest BCUT2D eigenvalue weighted by molar-refractivity contribution is 6.31. The van der Waals surface area contributed by atoms with Crippen LogP contribution in [0, 0.1) is 0 Å². The van der Waals surface area contributed by atoms with E-state index in [1.165, 1.54) is 18.4 Å². The summed E-state index contributed by atoms with van der Waals surface area (Å²) in [5.41, 5.74) is 11.4. The Labute approximate surface area is 228 Å². The van der Waals surface area contributed by atoms with Crippen molar-refractivity contribution in [2.45, 2.75) is 32.9 Å². The van der Waals surface area contributed by atoms with E-state index >= 15 is 0 Å². The lowest BCUT2D eigenvalue weighted by atomic mass is 10.0. The Morgan fingerprint density at radius 3 is 2.45 bits per heavy atom. The first-order valence-corrected chi connectivity index (χ1v) is 13.1. The minimum absolute atomic E-state index is 0.150. The van der Waals surface area contributed by atoms with E-state index < -0.39 is 0 Å². The number of nitrogen functional groups attached to an aromatic ring is 1. The molecule has 10 heteroatoms. The van der Waals surface area contributed by atoms with E-state index in [0.29, 0.717) is 42.0 Å². The van der Waals surface area contributed by atoms with Gasteiger partial charge in [0.25, 0.3) is 6.01 Å². The number of unbranched alkanes of at least 4 members (excludes halogenated alkanes) is 1. The lowest BCUT2D eigenvalue weighted by Crippen LogP contribution is -2.18. The number of aromatic nitrogens is 4. The number of hydrogen-bond acceptors (Lipinski definition) is 8. The summed E-state index contributed by atoms with van der Waals surface area (Å²) in [5, 5.41) is 0.633. The molecule has 0 bridgehead atoms. The molecule has 2 aromatic carbocycles. The third-order valence-corrected chi connectivity index (χ3v) is 6.63. The molecule has 0 aliphatic rings. The molecule has 0 radical (unpaired) electrons. The largest absolute Gasteiger partial charge is 0.468 e. The van der Waals surface area contributed by atoms with Crippen LogP contribution in [0.2, 0.25) is 5.02 Å². The molecule has 0 aliphatic carbocycles. The maximum atomic E-state index is 6.76. The van der Waals surface area contributed by atoms with E-state index in [1.54, 1.807) is 18.8 Å². The van der Waals surface area contributed by atoms with Gasteiger partial charge in [-0.05, 0) is 48.3 Å². The highest BCUT2D eigenvalue weighted by Crippen LogP contribution is 2.30. The molecule has 0 spiro atoms. The predicted molar refractivity (Wildman–Crippen MR) is 151 cm³/mol. The fourth-order valence-corrected chi connectivity index (χ4v) is 4.45. The van der Waals surface area contributed by atoms with Crippen molar-refractivity contribution < 1.29 is 14.2 Å². The van der Waals surface area contributed by atoms with Gasteiger partial charge >= 0.3 is 6.01 Å². The number of ether oxygens (including phenoxy) is 3. The van der Waals surface area contributed by atoms with Gasteiger partial charge in [0.2, 0.25) is 0 Å². The summed E-state index contributed by atoms with van der Waals surface area (Å²) in [4.78, 5) is 15.5. The number of nitrogens with two attached hydrogens (primary N) is 1. The summed E-state index contributed by atoms with van der Waals surface area (Å²) in [6, 6.07) is 15.2. The molecule has 4 rings (SSSR count). The highest BCUT2D eigenvalue weighted by atomic mass is 35.5. The van der Waals surface area contributed by atoms with Gasteiger partial charge in [0, 0.05) is 18.7 Å². The minimum atomic E-state index is 0.150. The van der Waals surface area contributed by atoms with Crippen molar-refractivity contribution in [1.29, 1.82) is 0 Å². The van der Waals surface area contributed by atoms with Crippen LogP contribution < -0.4 is 15.2 Å². The van der Waals surface area contributed by atoms with Gasteiger partial charge in [0.1, 0.15) is 6.61 Å². The first-order chi connectivity index (χ1) is 18.4. The lowest BCUT2D eigenvalue weighted by Gasteiger charge is -2.16. The summed E-state index contributed by atoms with van der Waals surface area (Å²) in [5.74, 6) is 0.209. The van der Waals surface area contributed by atoms with Crippen molar-refractivity contribution in [2.24, 2.45) is 0 Å². The second-order valence-corrected chi connectivity index (χ2v) is 9.59. The third-order valence-electron chi connectivity index (χ3n) is 6.28. The number of rotatable bonds is 13. The minimum Gasteiger partial charge on any atom is -0.468 e. The second kappa shape index (κ2) is 12.9. The molecule has 38 heavy (non-hydrogen) atoms. The van der Waals surface area contributed by atoms with Crippen LogP contribution in [0.15, 0.2) is 42.5 Å². The first-order valence-electron chi connectivity index (χ1n) is 12.7. The van der Waals surface area contributed by atoms with Crippen LogP contribution in [0.5, 0.6) is 12.0 Å². The smallest absolute Gasteiger partial charge is 0.320 e. The van der Waals surface area contributed by atoms with Gasteiger partial charge in [0.05, 0.1) is 20.3 Å². The molecular formula is C28H35ClN6O3. The SMILES string of the molecule is CCCCN(C)Cc1ccc(-c2ccc(Cn3c(OC)nc4c(N)nc(OCCOC)nc43)c(Cl)c2)cc1. The normalized spacial score (nSPS) is 11.4. The Balaban J connectivity index is 1.55. The van der Waals surface area contributed by atoms with Crippen LogP contribution in [0.25, 0.3) is 22.3 Å². The summed E-state index contributed by atoms with van der Waals surface area (Å²) >= 11 is 6.76. The molecule has 0 aliphatic heterocycles. The molecule has 2 N–H and O–H groups in total. The number of benzene rings is 2. The molecule has 4 aromatic rings. The molecule has 2 aromatic heterocycles. The Morgan fingerprint density at radius 2 is 1.76 bits per heavy atom. The van der Waals surface area contributed by atoms with Gasteiger partial charge in [-0.25, -0.2) is 0 Å². The zero-order valence-electron chi connectivity index (χ0n) is 22.4. The zero-order valence-corrected chi connectivity index (χ0v) is 23.2. The topological polar surface area (TPSA) is 101 Å². The Bertz CT molecular complexity index is 1360. The average molecular weight is 539 g/mol. The fraction of sp³-hybridized carbons (Fsp3) is 0.393. The van der Waals surface area contributed by atoms with Gasteiger partial charge in [-0.1, -0.05) is 61.3 Å². The number of halogens is 1. The van der Waals surface area contributed by atoms with Gasteiger partial charge in [-0.15, -0.1) is 0 Å². The van der Waals surface area contributed by atoms with Crippen molar-refractivity contribution in [3.05, 3.63) is 58.6 Å². The Morgan fingerprint density at radius 1 is 1.00 bits per heavy atom. The standard InChI is InChI=1S/C28H35ClN6O3/c1-5-6-13-34(2)17-19-7-9-20(10-8-19)21-11-12-22(23(29)16-21)18-35-26-24(31-28(35)37-4)25(30)32-27(33-26)38-15-14-36-3/h7-12,16H,5-6,13-15,17-18H2,1-4H3,(H2,30,32,33). The van der Waals surface area contributed by atoms with E-state index in [2.05, 4.69) is 64.2 Å². The first kappa shape index (κ1) is 27.6. The predicted octanol–water partition coefficient (Wildman–Crippen LogP) is 5.04. The molecule has 0 unspecified atom stereocenters. The van der Waals surface area contributed by atoms with E-state index in [9.17, 15) is 0 Å². The summed E-state index contributed by atoms with van der Waals surface area (Å²) < 4.78 is 17.9. The van der Waals surface area contributed by atoms with Crippen molar-refractivity contribution in [1.82, 2.24) is 24.4 Å². The molecule has 0 amide bonds. The van der Waals surface area contributed by atoms with E-state index in [0.717, 1.165) is 29.8 Å². The number of fused-ring (bicyclic) bond motifs is 1. The van der Waals surface area contributed by atoms with Crippen molar-refractivity contribution in [3.8, 4) is 23.1 Å². The van der Waals surface area contributed by atoms with Crippen LogP contribution in [0.1, 0.15) is 30.9 Å². The summed E-state index contributed by atoms with van der Waals surface area (Å²) in [6.07, 6.45) is 2.42. The number of anilines is 1. The molecular weight excluding hydrogens is 504 g/mol. The quantitative estimate of drug-likeness (QED) is 0.236. The van der Waals surface area contributed by atoms with Crippen LogP contribution in [0.3, 0.4) is 0 Å². The molecule has 2 heterocycles. The number of hydrogen-bond donors (Lipinski definition) is 1. The summed E-state index contributed by atoms with van der Waals surface area (Å²) in [7, 11) is 5.31. The van der Waals surface area contributed by atoms with Crippen LogP contribution in [-0.2, 0) is 17.8 Å². The summed E-state index contributed by atoms with van der Waals surface area (Å²) in [6.45, 7) is 5.35. The molecule has 0 fully saturated rings. The number of imidazole rings is 1. The molecule has 202 valence electrons. The maximum Gasteiger partial charge on any atom is 0.320 e. The van der Waals surface area contributed by atoms with Crippen molar-refractivity contribution in [2.75, 3.05) is 46.8 Å². The van der Waals surface area contributed by atoms with Gasteiger partial charge in [-0.2, -0.15) is 15.0 Å². The van der Waals surface area contributed by atoms with Crippen LogP contribution in [0.4, 0.5) is 5.82 Å². The van der Waals surface area contributed by atoms with Crippen LogP contribution in [-0.4, -0.2) is 65.4 Å². The number of methoxy groups -OCH3 is 2. The lowest BCUT2D eigenvalue weighted by molar-refractivity contribution is 0.141. The third kappa shape index (κ3) is 6.53. The zero-order chi connectivity index (χ0) is 27.1. The van der Waals surface area contributed by atoms with Gasteiger partial charge in [0.15, 0.2) is 17.0 Å². The van der Waals surface area contributed by atoms with Gasteiger partial charge in [-0.3, -0.25) is 4.57 Å². The van der Waals surface area contributed by atoms with Crippen molar-refractivity contribution in [3.63, 3.8) is 0 Å². The average Bonchev–Trinajstić information content (AvgIpc) is 3.27. The van der Waals surface area contributed by atoms with Crippen molar-refractivity contribution >= 4 is 28.6 Å². The highest BCUT2D eigenvalue weighted by Gasteiger charge is 2.19. The number of nitrogens with zero attached hydrogens (tertiary/aromatic N) is 5.